The second kappa shape index (κ2) is 9.48. The van der Waals surface area contributed by atoms with E-state index in [0.717, 1.165) is 25.9 Å². The molecular formula is C17H24Cl2N2O4. The van der Waals surface area contributed by atoms with Gasteiger partial charge in [-0.2, -0.15) is 0 Å². The van der Waals surface area contributed by atoms with E-state index >= 15 is 0 Å². The Balaban J connectivity index is 0.00000225. The Morgan fingerprint density at radius 2 is 2.20 bits per heavy atom. The van der Waals surface area contributed by atoms with Gasteiger partial charge in [0.1, 0.15) is 13.2 Å². The van der Waals surface area contributed by atoms with Crippen LogP contribution in [0.5, 0.6) is 11.5 Å². The van der Waals surface area contributed by atoms with Crippen molar-refractivity contribution < 1.29 is 19.4 Å². The summed E-state index contributed by atoms with van der Waals surface area (Å²) >= 11 is 6.17. The van der Waals surface area contributed by atoms with Crippen LogP contribution >= 0.6 is 24.0 Å². The van der Waals surface area contributed by atoms with Crippen LogP contribution in [-0.4, -0.2) is 43.9 Å². The number of ether oxygens (including phenoxy) is 2. The van der Waals surface area contributed by atoms with E-state index in [2.05, 4.69) is 10.6 Å². The van der Waals surface area contributed by atoms with E-state index in [-0.39, 0.29) is 24.9 Å². The first-order chi connectivity index (χ1) is 11.6. The number of hydrogen-bond acceptors (Lipinski definition) is 5. The fourth-order valence-corrected chi connectivity index (χ4v) is 3.31. The summed E-state index contributed by atoms with van der Waals surface area (Å²) in [4.78, 5) is 11.9. The van der Waals surface area contributed by atoms with E-state index in [1.54, 1.807) is 12.1 Å². The first kappa shape index (κ1) is 20.1. The molecule has 0 saturated carbocycles. The van der Waals surface area contributed by atoms with Crippen molar-refractivity contribution in [3.63, 3.8) is 0 Å². The summed E-state index contributed by atoms with van der Waals surface area (Å²) in [7, 11) is 0. The Labute approximate surface area is 158 Å². The molecule has 0 aromatic heterocycles. The summed E-state index contributed by atoms with van der Waals surface area (Å²) in [6.45, 7) is 3.09. The van der Waals surface area contributed by atoms with E-state index in [9.17, 15) is 9.90 Å². The molecule has 8 heteroatoms. The van der Waals surface area contributed by atoms with E-state index in [1.165, 1.54) is 0 Å². The molecule has 0 radical (unpaired) electrons. The van der Waals surface area contributed by atoms with Crippen LogP contribution in [-0.2, 0) is 4.79 Å². The van der Waals surface area contributed by atoms with Gasteiger partial charge in [-0.15, -0.1) is 12.4 Å². The van der Waals surface area contributed by atoms with E-state index in [0.29, 0.717) is 47.6 Å². The number of halogens is 2. The summed E-state index contributed by atoms with van der Waals surface area (Å²) < 4.78 is 11.0. The molecule has 1 aromatic carbocycles. The lowest BCUT2D eigenvalue weighted by Gasteiger charge is -2.21. The van der Waals surface area contributed by atoms with Gasteiger partial charge in [-0.25, -0.2) is 0 Å². The molecule has 1 aromatic rings. The molecule has 2 aliphatic rings. The Kier molecular flexibility index (Phi) is 7.62. The van der Waals surface area contributed by atoms with Crippen LogP contribution in [0.25, 0.3) is 0 Å². The Hall–Kier alpha value is -1.21. The fourth-order valence-electron chi connectivity index (χ4n) is 3.04. The first-order valence-electron chi connectivity index (χ1n) is 8.38. The topological polar surface area (TPSA) is 79.8 Å². The third-order valence-corrected chi connectivity index (χ3v) is 4.72. The van der Waals surface area contributed by atoms with Gasteiger partial charge in [0.2, 0.25) is 5.91 Å². The van der Waals surface area contributed by atoms with Crippen LogP contribution in [0, 0.1) is 5.92 Å². The van der Waals surface area contributed by atoms with Crippen LogP contribution < -0.4 is 20.1 Å². The molecule has 0 spiro atoms. The molecule has 25 heavy (non-hydrogen) atoms. The summed E-state index contributed by atoms with van der Waals surface area (Å²) in [5.74, 6) is 1.58. The molecule has 0 bridgehead atoms. The number of amides is 1. The average Bonchev–Trinajstić information content (AvgIpc) is 3.11. The molecule has 2 atom stereocenters. The molecule has 2 unspecified atom stereocenters. The van der Waals surface area contributed by atoms with Crippen molar-refractivity contribution in [2.75, 3.05) is 32.8 Å². The Morgan fingerprint density at radius 3 is 2.96 bits per heavy atom. The quantitative estimate of drug-likeness (QED) is 0.692. The van der Waals surface area contributed by atoms with E-state index < -0.39 is 6.10 Å². The highest BCUT2D eigenvalue weighted by molar-refractivity contribution is 6.32. The van der Waals surface area contributed by atoms with Gasteiger partial charge in [0.25, 0.3) is 0 Å². The summed E-state index contributed by atoms with van der Waals surface area (Å²) in [6, 6.07) is 3.36. The minimum absolute atomic E-state index is 0. The Bertz CT molecular complexity index is 594. The molecule has 1 amide bonds. The number of rotatable bonds is 6. The second-order valence-electron chi connectivity index (χ2n) is 6.24. The molecule has 0 aliphatic carbocycles. The monoisotopic (exact) mass is 390 g/mol. The maximum Gasteiger partial charge on any atom is 0.220 e. The number of carbonyl (C=O) groups is 1. The van der Waals surface area contributed by atoms with Gasteiger partial charge in [-0.05, 0) is 49.5 Å². The lowest BCUT2D eigenvalue weighted by atomic mass is 10.0. The molecule has 6 nitrogen and oxygen atoms in total. The lowest BCUT2D eigenvalue weighted by Crippen LogP contribution is -2.28. The summed E-state index contributed by atoms with van der Waals surface area (Å²) in [5, 5.41) is 16.8. The van der Waals surface area contributed by atoms with Gasteiger partial charge in [-0.1, -0.05) is 11.6 Å². The van der Waals surface area contributed by atoms with Gasteiger partial charge < -0.3 is 25.2 Å². The minimum Gasteiger partial charge on any atom is -0.486 e. The smallest absolute Gasteiger partial charge is 0.220 e. The summed E-state index contributed by atoms with van der Waals surface area (Å²) in [5.41, 5.74) is 0.601. The number of aliphatic hydroxyl groups excluding tert-OH is 1. The van der Waals surface area contributed by atoms with Crippen LogP contribution in [0.4, 0.5) is 0 Å². The van der Waals surface area contributed by atoms with Crippen molar-refractivity contribution in [2.24, 2.45) is 5.92 Å². The average molecular weight is 391 g/mol. The molecule has 140 valence electrons. The van der Waals surface area contributed by atoms with Crippen molar-refractivity contribution in [3.05, 3.63) is 22.7 Å². The predicted molar refractivity (Wildman–Crippen MR) is 97.9 cm³/mol. The van der Waals surface area contributed by atoms with Crippen LogP contribution in [0.15, 0.2) is 12.1 Å². The highest BCUT2D eigenvalue weighted by atomic mass is 35.5. The normalized spacial score (nSPS) is 19.8. The zero-order valence-corrected chi connectivity index (χ0v) is 15.5. The highest BCUT2D eigenvalue weighted by Crippen LogP contribution is 2.39. The largest absolute Gasteiger partial charge is 0.486 e. The number of fused-ring (bicyclic) bond motifs is 1. The number of carbonyl (C=O) groups excluding carboxylic acids is 1. The first-order valence-corrected chi connectivity index (χ1v) is 8.76. The van der Waals surface area contributed by atoms with Crippen molar-refractivity contribution in [1.82, 2.24) is 10.6 Å². The van der Waals surface area contributed by atoms with Crippen molar-refractivity contribution in [1.29, 1.82) is 0 Å². The standard InChI is InChI=1S/C17H23ClN2O4.ClH/c18-13-7-12(8-15-17(13)24-6-5-23-15)14(21)10-20-16(22)2-1-11-3-4-19-9-11;/h7-8,11,14,19,21H,1-6,9-10H2,(H,20,22);1H. The number of nitrogens with one attached hydrogen (secondary N) is 2. The molecule has 1 fully saturated rings. The van der Waals surface area contributed by atoms with Gasteiger partial charge in [-0.3, -0.25) is 4.79 Å². The van der Waals surface area contributed by atoms with E-state index in [4.69, 9.17) is 21.1 Å². The SMILES string of the molecule is Cl.O=C(CCC1CCNC1)NCC(O)c1cc(Cl)c2c(c1)OCCO2. The van der Waals surface area contributed by atoms with Crippen molar-refractivity contribution >= 4 is 29.9 Å². The molecule has 1 saturated heterocycles. The van der Waals surface area contributed by atoms with Crippen LogP contribution in [0.2, 0.25) is 5.02 Å². The summed E-state index contributed by atoms with van der Waals surface area (Å²) in [6.07, 6.45) is 1.66. The Morgan fingerprint density at radius 1 is 1.40 bits per heavy atom. The lowest BCUT2D eigenvalue weighted by molar-refractivity contribution is -0.121. The molecule has 2 heterocycles. The van der Waals surface area contributed by atoms with Gasteiger partial charge in [0.15, 0.2) is 11.5 Å². The predicted octanol–water partition coefficient (Wildman–Crippen LogP) is 2.07. The molecule has 3 rings (SSSR count). The number of hydrogen-bond donors (Lipinski definition) is 3. The number of aliphatic hydroxyl groups is 1. The third kappa shape index (κ3) is 5.38. The van der Waals surface area contributed by atoms with Crippen LogP contribution in [0.1, 0.15) is 30.9 Å². The van der Waals surface area contributed by atoms with Gasteiger partial charge in [0.05, 0.1) is 11.1 Å². The molecule has 3 N–H and O–H groups in total. The number of benzene rings is 1. The van der Waals surface area contributed by atoms with Crippen molar-refractivity contribution in [2.45, 2.75) is 25.4 Å². The highest BCUT2D eigenvalue weighted by Gasteiger charge is 2.20. The van der Waals surface area contributed by atoms with Gasteiger partial charge in [0, 0.05) is 13.0 Å². The zero-order valence-electron chi connectivity index (χ0n) is 13.9. The third-order valence-electron chi connectivity index (χ3n) is 4.44. The minimum atomic E-state index is -0.838. The zero-order chi connectivity index (χ0) is 16.9. The maximum atomic E-state index is 11.9. The maximum absolute atomic E-state index is 11.9. The second-order valence-corrected chi connectivity index (χ2v) is 6.65. The van der Waals surface area contributed by atoms with E-state index in [1.807, 2.05) is 0 Å². The van der Waals surface area contributed by atoms with Gasteiger partial charge >= 0.3 is 0 Å². The fraction of sp³-hybridized carbons (Fsp3) is 0.588. The molecule has 2 aliphatic heterocycles. The van der Waals surface area contributed by atoms with Crippen molar-refractivity contribution in [3.8, 4) is 11.5 Å². The van der Waals surface area contributed by atoms with Crippen LogP contribution in [0.3, 0.4) is 0 Å². The molecular weight excluding hydrogens is 367 g/mol.